The van der Waals surface area contributed by atoms with Crippen LogP contribution < -0.4 is 11.1 Å². The molecule has 0 radical (unpaired) electrons. The number of piperidine rings is 1. The molecular weight excluding hydrogens is 377 g/mol. The predicted molar refractivity (Wildman–Crippen MR) is 92.6 cm³/mol. The second kappa shape index (κ2) is 6.08. The second-order valence-corrected chi connectivity index (χ2v) is 9.85. The molecule has 2 aromatic rings. The van der Waals surface area contributed by atoms with Crippen molar-refractivity contribution in [3.8, 4) is 0 Å². The molecule has 3 heterocycles. The SMILES string of the molecule is Nc1n[nH]c2ccc(C3=C[N](CC4CCNCC4)[In]=[CH]3)cc12. The maximum absolute atomic E-state index is 5.92. The predicted octanol–water partition coefficient (Wildman–Crippen LogP) is 1.22. The van der Waals surface area contributed by atoms with Gasteiger partial charge < -0.3 is 0 Å². The van der Waals surface area contributed by atoms with Gasteiger partial charge in [0.25, 0.3) is 0 Å². The van der Waals surface area contributed by atoms with Crippen LogP contribution in [0.3, 0.4) is 0 Å². The van der Waals surface area contributed by atoms with Gasteiger partial charge in [0.15, 0.2) is 0 Å². The van der Waals surface area contributed by atoms with E-state index in [-0.39, 0.29) is 0 Å². The van der Waals surface area contributed by atoms with Gasteiger partial charge in [-0.05, 0) is 0 Å². The standard InChI is InChI=1S/C16H20N5.In/c1-11(9-19-10-12-4-6-18-7-5-12)13-2-3-15-14(8-13)16(17)21-20-15;/h1-3,8-9,12,18H,4-7,10H2,(H3,17,20,21);/q-1;+1. The number of aromatic nitrogens is 2. The van der Waals surface area contributed by atoms with Crippen LogP contribution in [0.2, 0.25) is 0 Å². The monoisotopic (exact) mass is 397 g/mol. The number of nitrogens with zero attached hydrogens (tertiary/aromatic N) is 2. The zero-order valence-corrected chi connectivity index (χ0v) is 15.8. The summed E-state index contributed by atoms with van der Waals surface area (Å²) in [6.45, 7) is 3.61. The number of hydrogen-bond acceptors (Lipinski definition) is 4. The molecular formula is C16H20InN5. The zero-order valence-electron chi connectivity index (χ0n) is 12.5. The number of hydrogen-bond donors (Lipinski definition) is 3. The quantitative estimate of drug-likeness (QED) is 0.729. The molecule has 112 valence electrons. The first-order valence-electron chi connectivity index (χ1n) is 7.90. The summed E-state index contributed by atoms with van der Waals surface area (Å²) < 4.78 is 5.12. The van der Waals surface area contributed by atoms with Crippen molar-refractivity contribution in [1.29, 1.82) is 0 Å². The Morgan fingerprint density at radius 2 is 2.18 bits per heavy atom. The van der Waals surface area contributed by atoms with Gasteiger partial charge in [0.05, 0.1) is 0 Å². The molecule has 0 spiro atoms. The number of allylic oxidation sites excluding steroid dienone is 1. The minimum atomic E-state index is -0.764. The van der Waals surface area contributed by atoms with Crippen LogP contribution in [0.1, 0.15) is 18.4 Å². The number of nitrogens with one attached hydrogen (secondary N) is 2. The maximum atomic E-state index is 5.92. The van der Waals surface area contributed by atoms with Gasteiger partial charge in [-0.1, -0.05) is 0 Å². The number of rotatable bonds is 3. The minimum absolute atomic E-state index is 0.587. The Bertz CT molecular complexity index is 742. The average molecular weight is 397 g/mol. The molecule has 2 aliphatic rings. The summed E-state index contributed by atoms with van der Waals surface area (Å²) in [5, 5.41) is 11.5. The molecule has 1 aromatic carbocycles. The van der Waals surface area contributed by atoms with Crippen molar-refractivity contribution in [2.45, 2.75) is 12.8 Å². The summed E-state index contributed by atoms with van der Waals surface area (Å²) in [5.74, 6) is 1.45. The van der Waals surface area contributed by atoms with Crippen molar-refractivity contribution in [2.75, 3.05) is 25.4 Å². The number of fused-ring (bicyclic) bond motifs is 1. The van der Waals surface area contributed by atoms with Crippen molar-refractivity contribution in [2.24, 2.45) is 5.92 Å². The molecule has 1 saturated heterocycles. The molecule has 6 heteroatoms. The van der Waals surface area contributed by atoms with Gasteiger partial charge in [-0.3, -0.25) is 0 Å². The van der Waals surface area contributed by atoms with Crippen molar-refractivity contribution >= 4 is 48.8 Å². The Labute approximate surface area is 141 Å². The number of anilines is 1. The number of nitrogens with two attached hydrogens (primary N) is 1. The number of benzene rings is 1. The van der Waals surface area contributed by atoms with Gasteiger partial charge in [0.1, 0.15) is 0 Å². The third-order valence-corrected chi connectivity index (χ3v) is 8.17. The van der Waals surface area contributed by atoms with E-state index in [1.807, 2.05) is 0 Å². The van der Waals surface area contributed by atoms with Crippen LogP contribution in [-0.2, 0) is 0 Å². The third kappa shape index (κ3) is 2.82. The summed E-state index contributed by atoms with van der Waals surface area (Å²) >= 11 is -0.764. The summed E-state index contributed by atoms with van der Waals surface area (Å²) in [6.07, 6.45) is 5.01. The molecule has 1 fully saturated rings. The second-order valence-electron chi connectivity index (χ2n) is 6.16. The van der Waals surface area contributed by atoms with Gasteiger partial charge in [0, 0.05) is 0 Å². The first-order valence-corrected chi connectivity index (χ1v) is 11.3. The molecule has 0 atom stereocenters. The van der Waals surface area contributed by atoms with E-state index >= 15 is 0 Å². The van der Waals surface area contributed by atoms with Crippen LogP contribution in [0.25, 0.3) is 16.5 Å². The number of aromatic amines is 1. The van der Waals surface area contributed by atoms with Gasteiger partial charge >= 0.3 is 141 Å². The number of H-pyrrole nitrogens is 1. The van der Waals surface area contributed by atoms with E-state index in [9.17, 15) is 0 Å². The molecule has 22 heavy (non-hydrogen) atoms. The summed E-state index contributed by atoms with van der Waals surface area (Å²) in [6, 6.07) is 6.40. The Morgan fingerprint density at radius 3 is 3.05 bits per heavy atom. The Hall–Kier alpha value is -1.27. The van der Waals surface area contributed by atoms with E-state index in [2.05, 4.69) is 46.6 Å². The average Bonchev–Trinajstić information content (AvgIpc) is 3.16. The van der Waals surface area contributed by atoms with Gasteiger partial charge in [-0.15, -0.1) is 0 Å². The zero-order chi connectivity index (χ0) is 14.9. The van der Waals surface area contributed by atoms with Crippen LogP contribution in [0.4, 0.5) is 5.82 Å². The summed E-state index contributed by atoms with van der Waals surface area (Å²) in [7, 11) is 0. The van der Waals surface area contributed by atoms with E-state index in [1.54, 1.807) is 0 Å². The molecule has 0 bridgehead atoms. The van der Waals surface area contributed by atoms with Crippen LogP contribution in [0.5, 0.6) is 0 Å². The third-order valence-electron chi connectivity index (χ3n) is 4.60. The van der Waals surface area contributed by atoms with E-state index in [0.29, 0.717) is 5.82 Å². The molecule has 2 aliphatic heterocycles. The molecule has 1 aromatic heterocycles. The Kier molecular flexibility index (Phi) is 3.96. The van der Waals surface area contributed by atoms with Crippen molar-refractivity contribution in [3.05, 3.63) is 30.0 Å². The van der Waals surface area contributed by atoms with Crippen molar-refractivity contribution in [1.82, 2.24) is 18.4 Å². The summed E-state index contributed by atoms with van der Waals surface area (Å²) in [5.41, 5.74) is 9.56. The first-order chi connectivity index (χ1) is 10.8. The Morgan fingerprint density at radius 1 is 1.32 bits per heavy atom. The normalized spacial score (nSPS) is 18.7. The molecule has 0 saturated carbocycles. The first kappa shape index (κ1) is 14.3. The van der Waals surface area contributed by atoms with Crippen LogP contribution in [0.15, 0.2) is 24.4 Å². The van der Waals surface area contributed by atoms with Gasteiger partial charge in [-0.25, -0.2) is 0 Å². The molecule has 0 unspecified atom stereocenters. The summed E-state index contributed by atoms with van der Waals surface area (Å²) in [4.78, 5) is 0. The van der Waals surface area contributed by atoms with Crippen LogP contribution >= 0.6 is 0 Å². The van der Waals surface area contributed by atoms with Crippen molar-refractivity contribution in [3.63, 3.8) is 0 Å². The molecule has 0 aliphatic carbocycles. The van der Waals surface area contributed by atoms with E-state index in [4.69, 9.17) is 5.73 Å². The Balaban J connectivity index is 1.53. The van der Waals surface area contributed by atoms with Crippen LogP contribution in [0, 0.1) is 5.92 Å². The fourth-order valence-corrected chi connectivity index (χ4v) is 7.00. The molecule has 4 rings (SSSR count). The van der Waals surface area contributed by atoms with Crippen molar-refractivity contribution < 1.29 is 0 Å². The van der Waals surface area contributed by atoms with Gasteiger partial charge in [-0.2, -0.15) is 0 Å². The van der Waals surface area contributed by atoms with E-state index in [1.165, 1.54) is 43.6 Å². The molecule has 0 amide bonds. The molecule has 4 N–H and O–H groups in total. The van der Waals surface area contributed by atoms with Crippen LogP contribution in [-0.4, -0.2) is 59.2 Å². The topological polar surface area (TPSA) is 70.0 Å². The molecule has 5 nitrogen and oxygen atoms in total. The number of nitrogen functional groups attached to an aromatic ring is 1. The van der Waals surface area contributed by atoms with E-state index in [0.717, 1.165) is 16.8 Å². The van der Waals surface area contributed by atoms with Gasteiger partial charge in [0.2, 0.25) is 0 Å². The van der Waals surface area contributed by atoms with E-state index < -0.39 is 22.7 Å². The fraction of sp³-hybridized carbons (Fsp3) is 0.375. The fourth-order valence-electron chi connectivity index (χ4n) is 3.30.